The molecule has 0 radical (unpaired) electrons. The van der Waals surface area contributed by atoms with Crippen LogP contribution in [0, 0.1) is 0 Å². The van der Waals surface area contributed by atoms with Crippen LogP contribution in [-0.2, 0) is 27.9 Å². The van der Waals surface area contributed by atoms with Crippen molar-refractivity contribution in [1.82, 2.24) is 5.32 Å². The van der Waals surface area contributed by atoms with Crippen LogP contribution in [-0.4, -0.2) is 54.3 Å². The van der Waals surface area contributed by atoms with E-state index in [1.807, 2.05) is 0 Å². The number of phosphoric acid groups is 1. The minimum Gasteiger partial charge on any atom is -0.463 e. The summed E-state index contributed by atoms with van der Waals surface area (Å²) in [5.74, 6) is -0.500. The standard InChI is InChI=1S/C48H96NO8P/c1-3-5-7-9-11-13-15-17-18-19-20-21-22-23-24-25-26-27-29-31-33-35-37-39-41-48(52)55-44-46(50)45-57-58(53,54)56-43-42-49-47(51)40-38-36-34-32-30-28-16-14-12-10-8-6-4-2/h46,50H,3-45H2,1-2H3,(H,49,51)(H,53,54). The van der Waals surface area contributed by atoms with Crippen molar-refractivity contribution in [2.24, 2.45) is 0 Å². The van der Waals surface area contributed by atoms with Gasteiger partial charge in [0.25, 0.3) is 0 Å². The van der Waals surface area contributed by atoms with Gasteiger partial charge in [0.05, 0.1) is 13.2 Å². The van der Waals surface area contributed by atoms with Gasteiger partial charge < -0.3 is 20.1 Å². The lowest BCUT2D eigenvalue weighted by Crippen LogP contribution is -2.27. The summed E-state index contributed by atoms with van der Waals surface area (Å²) in [5.41, 5.74) is 0. The number of phosphoric ester groups is 1. The quantitative estimate of drug-likeness (QED) is 0.0313. The average Bonchev–Trinajstić information content (AvgIpc) is 3.21. The van der Waals surface area contributed by atoms with E-state index in [4.69, 9.17) is 13.8 Å². The highest BCUT2D eigenvalue weighted by atomic mass is 31.2. The molecule has 0 fully saturated rings. The van der Waals surface area contributed by atoms with Crippen LogP contribution in [0.4, 0.5) is 0 Å². The van der Waals surface area contributed by atoms with Crippen molar-refractivity contribution in [3.63, 3.8) is 0 Å². The third-order valence-corrected chi connectivity index (χ3v) is 12.3. The van der Waals surface area contributed by atoms with Gasteiger partial charge in [-0.2, -0.15) is 0 Å². The molecule has 0 aliphatic rings. The van der Waals surface area contributed by atoms with Gasteiger partial charge in [-0.25, -0.2) is 4.57 Å². The first-order valence-electron chi connectivity index (χ1n) is 25.0. The number of hydrogen-bond acceptors (Lipinski definition) is 7. The predicted molar refractivity (Wildman–Crippen MR) is 243 cm³/mol. The zero-order valence-electron chi connectivity index (χ0n) is 38.3. The molecule has 0 saturated heterocycles. The van der Waals surface area contributed by atoms with Gasteiger partial charge in [-0.1, -0.05) is 239 Å². The van der Waals surface area contributed by atoms with Gasteiger partial charge in [0.1, 0.15) is 12.7 Å². The van der Waals surface area contributed by atoms with Crippen LogP contribution in [0.15, 0.2) is 0 Å². The Hall–Kier alpha value is -0.990. The van der Waals surface area contributed by atoms with Gasteiger partial charge in [0.2, 0.25) is 5.91 Å². The van der Waals surface area contributed by atoms with E-state index in [0.717, 1.165) is 38.5 Å². The molecule has 0 heterocycles. The van der Waals surface area contributed by atoms with Gasteiger partial charge in [0.15, 0.2) is 0 Å². The normalized spacial score (nSPS) is 13.1. The molecule has 0 aliphatic heterocycles. The second-order valence-corrected chi connectivity index (χ2v) is 18.6. The highest BCUT2D eigenvalue weighted by Crippen LogP contribution is 2.42. The van der Waals surface area contributed by atoms with Crippen molar-refractivity contribution in [1.29, 1.82) is 0 Å². The molecule has 0 aromatic heterocycles. The van der Waals surface area contributed by atoms with E-state index in [2.05, 4.69) is 19.2 Å². The molecule has 0 aromatic rings. The maximum absolute atomic E-state index is 12.1. The highest BCUT2D eigenvalue weighted by molar-refractivity contribution is 7.47. The van der Waals surface area contributed by atoms with Gasteiger partial charge in [-0.3, -0.25) is 18.6 Å². The summed E-state index contributed by atoms with van der Waals surface area (Å²) in [6.07, 6.45) is 47.6. The van der Waals surface area contributed by atoms with Crippen LogP contribution < -0.4 is 5.32 Å². The largest absolute Gasteiger partial charge is 0.472 e. The molecule has 0 aliphatic carbocycles. The third kappa shape index (κ3) is 46.1. The minimum atomic E-state index is -4.41. The first kappa shape index (κ1) is 57.0. The number of ether oxygens (including phenoxy) is 1. The van der Waals surface area contributed by atoms with E-state index < -0.39 is 26.5 Å². The Bertz CT molecular complexity index is 922. The smallest absolute Gasteiger partial charge is 0.463 e. The summed E-state index contributed by atoms with van der Waals surface area (Å²) in [6, 6.07) is 0. The summed E-state index contributed by atoms with van der Waals surface area (Å²) < 4.78 is 26.9. The fraction of sp³-hybridized carbons (Fsp3) is 0.958. The number of hydrogen-bond donors (Lipinski definition) is 3. The summed E-state index contributed by atoms with van der Waals surface area (Å²) in [4.78, 5) is 34.0. The molecule has 0 aromatic carbocycles. The Balaban J connectivity index is 3.49. The van der Waals surface area contributed by atoms with Crippen molar-refractivity contribution in [2.75, 3.05) is 26.4 Å². The van der Waals surface area contributed by atoms with Crippen molar-refractivity contribution in [2.45, 2.75) is 270 Å². The lowest BCUT2D eigenvalue weighted by molar-refractivity contribution is -0.147. The number of unbranched alkanes of at least 4 members (excludes halogenated alkanes) is 35. The summed E-state index contributed by atoms with van der Waals surface area (Å²) in [7, 11) is -4.41. The lowest BCUT2D eigenvalue weighted by atomic mass is 10.0. The van der Waals surface area contributed by atoms with Crippen LogP contribution in [0.5, 0.6) is 0 Å². The first-order valence-corrected chi connectivity index (χ1v) is 26.5. The molecule has 0 saturated carbocycles. The molecular weight excluding hydrogens is 750 g/mol. The Morgan fingerprint density at radius 1 is 0.466 bits per heavy atom. The van der Waals surface area contributed by atoms with Crippen molar-refractivity contribution in [3.05, 3.63) is 0 Å². The number of aliphatic hydroxyl groups is 1. The number of rotatable bonds is 48. The zero-order chi connectivity index (χ0) is 42.5. The molecule has 2 atom stereocenters. The van der Waals surface area contributed by atoms with Gasteiger partial charge in [0, 0.05) is 19.4 Å². The van der Waals surface area contributed by atoms with Gasteiger partial charge >= 0.3 is 13.8 Å². The summed E-state index contributed by atoms with van der Waals surface area (Å²) in [5, 5.41) is 12.7. The van der Waals surface area contributed by atoms with E-state index in [1.165, 1.54) is 199 Å². The molecule has 9 nitrogen and oxygen atoms in total. The van der Waals surface area contributed by atoms with E-state index in [1.54, 1.807) is 0 Å². The maximum Gasteiger partial charge on any atom is 0.472 e. The van der Waals surface area contributed by atoms with Gasteiger partial charge in [-0.05, 0) is 12.8 Å². The molecule has 0 bridgehead atoms. The van der Waals surface area contributed by atoms with E-state index >= 15 is 0 Å². The van der Waals surface area contributed by atoms with Crippen molar-refractivity contribution in [3.8, 4) is 0 Å². The molecule has 2 unspecified atom stereocenters. The summed E-state index contributed by atoms with van der Waals surface area (Å²) >= 11 is 0. The Kier molecular flexibility index (Phi) is 44.8. The van der Waals surface area contributed by atoms with Crippen LogP contribution in [0.25, 0.3) is 0 Å². The zero-order valence-corrected chi connectivity index (χ0v) is 39.2. The fourth-order valence-electron chi connectivity index (χ4n) is 7.50. The minimum absolute atomic E-state index is 0.0883. The van der Waals surface area contributed by atoms with Crippen LogP contribution >= 0.6 is 7.82 Å². The summed E-state index contributed by atoms with van der Waals surface area (Å²) in [6.45, 7) is 3.61. The number of esters is 1. The Morgan fingerprint density at radius 3 is 1.12 bits per heavy atom. The monoisotopic (exact) mass is 846 g/mol. The fourth-order valence-corrected chi connectivity index (χ4v) is 8.26. The third-order valence-electron chi connectivity index (χ3n) is 11.3. The molecule has 3 N–H and O–H groups in total. The molecule has 58 heavy (non-hydrogen) atoms. The number of amides is 1. The van der Waals surface area contributed by atoms with Gasteiger partial charge in [-0.15, -0.1) is 0 Å². The molecule has 1 amide bonds. The van der Waals surface area contributed by atoms with E-state index in [-0.39, 0.29) is 25.7 Å². The second-order valence-electron chi connectivity index (χ2n) is 17.2. The molecule has 346 valence electrons. The Labute approximate surface area is 358 Å². The number of nitrogens with one attached hydrogen (secondary N) is 1. The predicted octanol–water partition coefficient (Wildman–Crippen LogP) is 14.4. The van der Waals surface area contributed by atoms with Crippen molar-refractivity contribution >= 4 is 19.7 Å². The van der Waals surface area contributed by atoms with E-state index in [9.17, 15) is 24.2 Å². The number of carbonyl (C=O) groups is 2. The van der Waals surface area contributed by atoms with Crippen molar-refractivity contribution < 1.29 is 37.9 Å². The molecule has 0 spiro atoms. The molecule has 0 rings (SSSR count). The second kappa shape index (κ2) is 45.5. The molecule has 10 heteroatoms. The maximum atomic E-state index is 12.1. The lowest BCUT2D eigenvalue weighted by Gasteiger charge is -2.15. The number of carbonyl (C=O) groups excluding carboxylic acids is 2. The molecular formula is C48H96NO8P. The topological polar surface area (TPSA) is 131 Å². The van der Waals surface area contributed by atoms with Crippen LogP contribution in [0.1, 0.15) is 264 Å². The highest BCUT2D eigenvalue weighted by Gasteiger charge is 2.23. The average molecular weight is 846 g/mol. The first-order chi connectivity index (χ1) is 28.3. The van der Waals surface area contributed by atoms with E-state index in [0.29, 0.717) is 12.8 Å². The van der Waals surface area contributed by atoms with Crippen LogP contribution in [0.3, 0.4) is 0 Å². The van der Waals surface area contributed by atoms with Crippen LogP contribution in [0.2, 0.25) is 0 Å². The number of aliphatic hydroxyl groups excluding tert-OH is 1. The Morgan fingerprint density at radius 2 is 0.776 bits per heavy atom. The SMILES string of the molecule is CCCCCCCCCCCCCCCCCCCCCCCCCCC(=O)OCC(O)COP(=O)(O)OCCNC(=O)CCCCCCCCCCCCCCC.